The van der Waals surface area contributed by atoms with Crippen LogP contribution in [0, 0.1) is 11.8 Å². The van der Waals surface area contributed by atoms with Crippen molar-refractivity contribution in [3.05, 3.63) is 0 Å². The number of nitrogens with two attached hydrogens (primary N) is 1. The molecule has 1 rings (SSSR count). The highest BCUT2D eigenvalue weighted by atomic mass is 19.1. The third-order valence-corrected chi connectivity index (χ3v) is 4.08. The van der Waals surface area contributed by atoms with Crippen LogP contribution in [0.4, 0.5) is 4.39 Å². The van der Waals surface area contributed by atoms with Crippen LogP contribution in [0.15, 0.2) is 0 Å². The van der Waals surface area contributed by atoms with E-state index >= 15 is 0 Å². The van der Waals surface area contributed by atoms with Gasteiger partial charge < -0.3 is 5.73 Å². The van der Waals surface area contributed by atoms with E-state index < -0.39 is 5.67 Å². The van der Waals surface area contributed by atoms with E-state index in [2.05, 4.69) is 6.92 Å². The van der Waals surface area contributed by atoms with Crippen LogP contribution in [-0.4, -0.2) is 12.2 Å². The smallest absolute Gasteiger partial charge is 0.125 e. The number of hydrogen-bond acceptors (Lipinski definition) is 1. The molecule has 1 aliphatic carbocycles. The molecule has 0 aromatic heterocycles. The highest BCUT2D eigenvalue weighted by Gasteiger charge is 2.37. The fourth-order valence-corrected chi connectivity index (χ4v) is 2.69. The Morgan fingerprint density at radius 1 is 1.21 bits per heavy atom. The van der Waals surface area contributed by atoms with Crippen molar-refractivity contribution in [2.75, 3.05) is 6.54 Å². The first-order valence-corrected chi connectivity index (χ1v) is 6.05. The molecule has 2 N–H and O–H groups in total. The monoisotopic (exact) mass is 201 g/mol. The fourth-order valence-electron chi connectivity index (χ4n) is 2.69. The largest absolute Gasteiger partial charge is 0.328 e. The second-order valence-electron chi connectivity index (χ2n) is 4.72. The predicted molar refractivity (Wildman–Crippen MR) is 58.9 cm³/mol. The average molecular weight is 201 g/mol. The van der Waals surface area contributed by atoms with Gasteiger partial charge in [0.25, 0.3) is 0 Å². The first-order chi connectivity index (χ1) is 6.66. The van der Waals surface area contributed by atoms with Crippen LogP contribution >= 0.6 is 0 Å². The minimum Gasteiger partial charge on any atom is -0.328 e. The first-order valence-electron chi connectivity index (χ1n) is 6.05. The number of hydrogen-bond donors (Lipinski definition) is 1. The maximum Gasteiger partial charge on any atom is 0.125 e. The van der Waals surface area contributed by atoms with Gasteiger partial charge in [-0.15, -0.1) is 0 Å². The topological polar surface area (TPSA) is 26.0 Å². The van der Waals surface area contributed by atoms with Crippen LogP contribution in [-0.2, 0) is 0 Å². The Bertz CT molecular complexity index is 158. The Kier molecular flexibility index (Phi) is 4.36. The van der Waals surface area contributed by atoms with E-state index in [-0.39, 0.29) is 12.5 Å². The molecular weight excluding hydrogens is 177 g/mol. The SMILES string of the molecule is CCC1CCC(C(F)(CC)CN)CC1. The lowest BCUT2D eigenvalue weighted by Gasteiger charge is -2.37. The Hall–Kier alpha value is -0.110. The lowest BCUT2D eigenvalue weighted by molar-refractivity contribution is 0.0490. The summed E-state index contributed by atoms with van der Waals surface area (Å²) in [5, 5.41) is 0. The quantitative estimate of drug-likeness (QED) is 0.742. The molecule has 1 fully saturated rings. The van der Waals surface area contributed by atoms with Gasteiger partial charge in [-0.3, -0.25) is 0 Å². The molecule has 0 amide bonds. The Morgan fingerprint density at radius 3 is 2.14 bits per heavy atom. The van der Waals surface area contributed by atoms with Crippen LogP contribution < -0.4 is 5.73 Å². The van der Waals surface area contributed by atoms with E-state index in [1.54, 1.807) is 0 Å². The third kappa shape index (κ3) is 2.47. The number of rotatable bonds is 4. The molecule has 1 aliphatic rings. The van der Waals surface area contributed by atoms with Gasteiger partial charge >= 0.3 is 0 Å². The van der Waals surface area contributed by atoms with E-state index in [1.807, 2.05) is 6.92 Å². The van der Waals surface area contributed by atoms with Gasteiger partial charge in [0.1, 0.15) is 5.67 Å². The van der Waals surface area contributed by atoms with Gasteiger partial charge in [-0.25, -0.2) is 4.39 Å². The zero-order valence-corrected chi connectivity index (χ0v) is 9.56. The van der Waals surface area contributed by atoms with Crippen LogP contribution in [0.2, 0.25) is 0 Å². The van der Waals surface area contributed by atoms with Gasteiger partial charge in [0.2, 0.25) is 0 Å². The Labute approximate surface area is 87.3 Å². The van der Waals surface area contributed by atoms with Crippen molar-refractivity contribution in [1.82, 2.24) is 0 Å². The Morgan fingerprint density at radius 2 is 1.79 bits per heavy atom. The molecular formula is C12H24FN. The van der Waals surface area contributed by atoms with Crippen molar-refractivity contribution in [1.29, 1.82) is 0 Å². The zero-order chi connectivity index (χ0) is 10.6. The van der Waals surface area contributed by atoms with Gasteiger partial charge in [-0.1, -0.05) is 33.1 Å². The normalized spacial score (nSPS) is 32.6. The van der Waals surface area contributed by atoms with Crippen molar-refractivity contribution >= 4 is 0 Å². The standard InChI is InChI=1S/C12H24FN/c1-3-10-5-7-11(8-6-10)12(13,4-2)9-14/h10-11H,3-9,14H2,1-2H3. The van der Waals surface area contributed by atoms with Crippen LogP contribution in [0.5, 0.6) is 0 Å². The van der Waals surface area contributed by atoms with Crippen molar-refractivity contribution in [3.63, 3.8) is 0 Å². The molecule has 0 bridgehead atoms. The van der Waals surface area contributed by atoms with Crippen LogP contribution in [0.3, 0.4) is 0 Å². The molecule has 1 nitrogen and oxygen atoms in total. The van der Waals surface area contributed by atoms with E-state index in [0.29, 0.717) is 6.42 Å². The van der Waals surface area contributed by atoms with E-state index in [1.165, 1.54) is 19.3 Å². The lowest BCUT2D eigenvalue weighted by Crippen LogP contribution is -2.42. The highest BCUT2D eigenvalue weighted by molar-refractivity contribution is 4.89. The van der Waals surface area contributed by atoms with Crippen molar-refractivity contribution in [3.8, 4) is 0 Å². The summed E-state index contributed by atoms with van der Waals surface area (Å²) >= 11 is 0. The summed E-state index contributed by atoms with van der Waals surface area (Å²) < 4.78 is 14.2. The average Bonchev–Trinajstić information content (AvgIpc) is 2.28. The molecule has 1 unspecified atom stereocenters. The van der Waals surface area contributed by atoms with Gasteiger partial charge in [0, 0.05) is 6.54 Å². The van der Waals surface area contributed by atoms with E-state index in [9.17, 15) is 4.39 Å². The van der Waals surface area contributed by atoms with E-state index in [4.69, 9.17) is 5.73 Å². The first kappa shape index (κ1) is 12.0. The maximum absolute atomic E-state index is 14.2. The molecule has 1 saturated carbocycles. The molecule has 0 aliphatic heterocycles. The maximum atomic E-state index is 14.2. The van der Waals surface area contributed by atoms with Crippen molar-refractivity contribution < 1.29 is 4.39 Å². The summed E-state index contributed by atoms with van der Waals surface area (Å²) in [5.74, 6) is 1.06. The summed E-state index contributed by atoms with van der Waals surface area (Å²) in [7, 11) is 0. The zero-order valence-electron chi connectivity index (χ0n) is 9.56. The molecule has 1 atom stereocenters. The predicted octanol–water partition coefficient (Wildman–Crippen LogP) is 3.28. The summed E-state index contributed by atoms with van der Waals surface area (Å²) in [6, 6.07) is 0. The minimum absolute atomic E-state index is 0.199. The molecule has 14 heavy (non-hydrogen) atoms. The molecule has 2 heteroatoms. The fraction of sp³-hybridized carbons (Fsp3) is 1.00. The molecule has 0 aromatic carbocycles. The highest BCUT2D eigenvalue weighted by Crippen LogP contribution is 2.39. The molecule has 84 valence electrons. The van der Waals surface area contributed by atoms with Gasteiger partial charge in [0.05, 0.1) is 0 Å². The summed E-state index contributed by atoms with van der Waals surface area (Å²) in [4.78, 5) is 0. The lowest BCUT2D eigenvalue weighted by atomic mass is 9.73. The van der Waals surface area contributed by atoms with Gasteiger partial charge in [0.15, 0.2) is 0 Å². The van der Waals surface area contributed by atoms with Gasteiger partial charge in [-0.2, -0.15) is 0 Å². The molecule has 0 spiro atoms. The third-order valence-electron chi connectivity index (χ3n) is 4.08. The second-order valence-corrected chi connectivity index (χ2v) is 4.72. The van der Waals surface area contributed by atoms with Gasteiger partial charge in [-0.05, 0) is 31.1 Å². The molecule has 0 aromatic rings. The van der Waals surface area contributed by atoms with Crippen molar-refractivity contribution in [2.45, 2.75) is 58.0 Å². The molecule has 0 radical (unpaired) electrons. The molecule has 0 heterocycles. The Balaban J connectivity index is 2.47. The summed E-state index contributed by atoms with van der Waals surface area (Å²) in [6.07, 6.45) is 6.31. The number of alkyl halides is 1. The molecule has 0 saturated heterocycles. The summed E-state index contributed by atoms with van der Waals surface area (Å²) in [5.41, 5.74) is 4.46. The second kappa shape index (κ2) is 5.11. The van der Waals surface area contributed by atoms with Crippen LogP contribution in [0.1, 0.15) is 52.4 Å². The minimum atomic E-state index is -1.08. The van der Waals surface area contributed by atoms with Crippen LogP contribution in [0.25, 0.3) is 0 Å². The number of halogens is 1. The summed E-state index contributed by atoms with van der Waals surface area (Å²) in [6.45, 7) is 4.35. The van der Waals surface area contributed by atoms with E-state index in [0.717, 1.165) is 18.8 Å². The van der Waals surface area contributed by atoms with Crippen molar-refractivity contribution in [2.24, 2.45) is 17.6 Å².